The molecule has 0 unspecified atom stereocenters. The molecule has 0 spiro atoms. The van der Waals surface area contributed by atoms with Crippen molar-refractivity contribution in [2.24, 2.45) is 0 Å². The molecule has 174 valence electrons. The van der Waals surface area contributed by atoms with Crippen molar-refractivity contribution in [3.8, 4) is 0 Å². The highest BCUT2D eigenvalue weighted by Gasteiger charge is 2.21. The highest BCUT2D eigenvalue weighted by molar-refractivity contribution is 5.96. The summed E-state index contributed by atoms with van der Waals surface area (Å²) < 4.78 is 5.15. The van der Waals surface area contributed by atoms with E-state index in [1.54, 1.807) is 23.1 Å². The number of anilines is 1. The Morgan fingerprint density at radius 3 is 2.45 bits per heavy atom. The van der Waals surface area contributed by atoms with E-state index in [2.05, 4.69) is 5.32 Å². The lowest BCUT2D eigenvalue weighted by atomic mass is 10.1. The Morgan fingerprint density at radius 1 is 1.09 bits per heavy atom. The van der Waals surface area contributed by atoms with Crippen molar-refractivity contribution in [1.29, 1.82) is 0 Å². The zero-order valence-electron chi connectivity index (χ0n) is 19.2. The Hall–Kier alpha value is -3.68. The molecule has 3 amide bonds. The highest BCUT2D eigenvalue weighted by Crippen LogP contribution is 2.19. The van der Waals surface area contributed by atoms with E-state index in [9.17, 15) is 19.2 Å². The minimum atomic E-state index is -0.633. The number of esters is 1. The first kappa shape index (κ1) is 24.0. The maximum Gasteiger partial charge on any atom is 0.338 e. The van der Waals surface area contributed by atoms with Crippen LogP contribution in [0, 0.1) is 13.8 Å². The number of nitrogens with one attached hydrogen (secondary N) is 1. The Balaban J connectivity index is 1.49. The molecule has 1 N–H and O–H groups in total. The van der Waals surface area contributed by atoms with E-state index in [1.807, 2.05) is 38.1 Å². The molecule has 33 heavy (non-hydrogen) atoms. The molecular weight excluding hydrogens is 422 g/mol. The van der Waals surface area contributed by atoms with E-state index >= 15 is 0 Å². The summed E-state index contributed by atoms with van der Waals surface area (Å²) >= 11 is 0. The number of likely N-dealkylation sites (tertiary alicyclic amines) is 1. The molecule has 3 rings (SSSR count). The Bertz CT molecular complexity index is 1050. The topological polar surface area (TPSA) is 96.0 Å². The van der Waals surface area contributed by atoms with Gasteiger partial charge in [0.25, 0.3) is 5.91 Å². The molecule has 1 fully saturated rings. The first-order chi connectivity index (χ1) is 15.7. The van der Waals surface area contributed by atoms with Crippen LogP contribution in [0.3, 0.4) is 0 Å². The fraction of sp³-hybridized carbons (Fsp3) is 0.360. The van der Waals surface area contributed by atoms with Crippen molar-refractivity contribution >= 4 is 29.4 Å². The first-order valence-corrected chi connectivity index (χ1v) is 10.9. The molecule has 2 aromatic rings. The molecule has 8 heteroatoms. The number of benzene rings is 2. The quantitative estimate of drug-likeness (QED) is 0.623. The number of amides is 3. The number of ether oxygens (including phenoxy) is 1. The summed E-state index contributed by atoms with van der Waals surface area (Å²) in [6.45, 7) is 4.32. The molecule has 1 saturated heterocycles. The van der Waals surface area contributed by atoms with E-state index in [0.717, 1.165) is 28.8 Å². The van der Waals surface area contributed by atoms with Gasteiger partial charge in [-0.1, -0.05) is 30.3 Å². The molecule has 8 nitrogen and oxygen atoms in total. The van der Waals surface area contributed by atoms with Gasteiger partial charge in [0.2, 0.25) is 11.8 Å². The number of aryl methyl sites for hydroxylation is 2. The van der Waals surface area contributed by atoms with E-state index in [1.165, 1.54) is 11.9 Å². The van der Waals surface area contributed by atoms with Gasteiger partial charge in [-0.25, -0.2) is 4.79 Å². The Labute approximate surface area is 193 Å². The predicted molar refractivity (Wildman–Crippen MR) is 124 cm³/mol. The summed E-state index contributed by atoms with van der Waals surface area (Å²) in [6, 6.07) is 12.5. The lowest BCUT2D eigenvalue weighted by molar-refractivity contribution is -0.136. The van der Waals surface area contributed by atoms with Crippen molar-refractivity contribution < 1.29 is 23.9 Å². The zero-order valence-corrected chi connectivity index (χ0v) is 19.2. The van der Waals surface area contributed by atoms with Crippen molar-refractivity contribution in [2.75, 3.05) is 32.1 Å². The average molecular weight is 452 g/mol. The SMILES string of the molecule is Cc1cccc(C)c1NC(=O)CN(C)C(=O)COC(=O)c1cccc(CN2CCCC2=O)c1. The highest BCUT2D eigenvalue weighted by atomic mass is 16.5. The third-order valence-electron chi connectivity index (χ3n) is 5.59. The molecule has 1 heterocycles. The van der Waals surface area contributed by atoms with Gasteiger partial charge in [0, 0.05) is 32.2 Å². The number of hydrogen-bond donors (Lipinski definition) is 1. The molecule has 0 saturated carbocycles. The number of carbonyl (C=O) groups is 4. The van der Waals surface area contributed by atoms with Gasteiger partial charge in [-0.3, -0.25) is 14.4 Å². The predicted octanol–water partition coefficient (Wildman–Crippen LogP) is 2.68. The van der Waals surface area contributed by atoms with Gasteiger partial charge in [0.05, 0.1) is 12.1 Å². The lowest BCUT2D eigenvalue weighted by Crippen LogP contribution is -2.37. The van der Waals surface area contributed by atoms with E-state index in [-0.39, 0.29) is 18.4 Å². The smallest absolute Gasteiger partial charge is 0.338 e. The van der Waals surface area contributed by atoms with E-state index in [0.29, 0.717) is 25.1 Å². The van der Waals surface area contributed by atoms with Crippen molar-refractivity contribution in [1.82, 2.24) is 9.80 Å². The van der Waals surface area contributed by atoms with Crippen LogP contribution in [0.25, 0.3) is 0 Å². The number of likely N-dealkylation sites (N-methyl/N-ethyl adjacent to an activating group) is 1. The number of carbonyl (C=O) groups excluding carboxylic acids is 4. The van der Waals surface area contributed by atoms with Gasteiger partial charge >= 0.3 is 5.97 Å². The summed E-state index contributed by atoms with van der Waals surface area (Å²) in [4.78, 5) is 51.9. The second-order valence-corrected chi connectivity index (χ2v) is 8.26. The van der Waals surface area contributed by atoms with Gasteiger partial charge in [-0.2, -0.15) is 0 Å². The van der Waals surface area contributed by atoms with E-state index in [4.69, 9.17) is 4.74 Å². The second-order valence-electron chi connectivity index (χ2n) is 8.26. The average Bonchev–Trinajstić information content (AvgIpc) is 3.18. The maximum absolute atomic E-state index is 12.4. The summed E-state index contributed by atoms with van der Waals surface area (Å²) in [5, 5.41) is 2.83. The largest absolute Gasteiger partial charge is 0.452 e. The standard InChI is InChI=1S/C25H29N3O5/c1-17-7-4-8-18(2)24(17)26-21(29)15-27(3)23(31)16-33-25(32)20-10-5-9-19(13-20)14-28-12-6-11-22(28)30/h4-5,7-10,13H,6,11-12,14-16H2,1-3H3,(H,26,29). The minimum Gasteiger partial charge on any atom is -0.452 e. The number of rotatable bonds is 8. The van der Waals surface area contributed by atoms with Crippen LogP contribution in [-0.4, -0.2) is 60.2 Å². The van der Waals surface area contributed by atoms with Crippen LogP contribution < -0.4 is 5.32 Å². The van der Waals surface area contributed by atoms with Crippen LogP contribution in [0.5, 0.6) is 0 Å². The fourth-order valence-electron chi connectivity index (χ4n) is 3.70. The van der Waals surface area contributed by atoms with Crippen molar-refractivity contribution in [3.05, 3.63) is 64.7 Å². The first-order valence-electron chi connectivity index (χ1n) is 10.9. The van der Waals surface area contributed by atoms with Crippen LogP contribution in [0.15, 0.2) is 42.5 Å². The third-order valence-corrected chi connectivity index (χ3v) is 5.59. The molecule has 1 aliphatic heterocycles. The van der Waals surface area contributed by atoms with Crippen LogP contribution in [0.4, 0.5) is 5.69 Å². The molecule has 0 bridgehead atoms. The van der Waals surface area contributed by atoms with Crippen molar-refractivity contribution in [3.63, 3.8) is 0 Å². The molecule has 2 aromatic carbocycles. The van der Waals surface area contributed by atoms with Gasteiger partial charge in [-0.15, -0.1) is 0 Å². The number of nitrogens with zero attached hydrogens (tertiary/aromatic N) is 2. The minimum absolute atomic E-state index is 0.109. The molecule has 1 aliphatic rings. The normalized spacial score (nSPS) is 13.1. The van der Waals surface area contributed by atoms with Gasteiger partial charge in [0.1, 0.15) is 0 Å². The summed E-state index contributed by atoms with van der Waals surface area (Å²) in [5.41, 5.74) is 3.73. The summed E-state index contributed by atoms with van der Waals surface area (Å²) in [7, 11) is 1.48. The number of para-hydroxylation sites is 1. The maximum atomic E-state index is 12.4. The van der Waals surface area contributed by atoms with Crippen LogP contribution in [0.1, 0.15) is 39.9 Å². The summed E-state index contributed by atoms with van der Waals surface area (Å²) in [6.07, 6.45) is 1.40. The van der Waals surface area contributed by atoms with Crippen LogP contribution >= 0.6 is 0 Å². The zero-order chi connectivity index (χ0) is 24.0. The molecule has 0 aliphatic carbocycles. The van der Waals surface area contributed by atoms with E-state index < -0.39 is 18.5 Å². The van der Waals surface area contributed by atoms with Crippen LogP contribution in [0.2, 0.25) is 0 Å². The van der Waals surface area contributed by atoms with Gasteiger partial charge in [0.15, 0.2) is 6.61 Å². The van der Waals surface area contributed by atoms with Gasteiger partial charge < -0.3 is 19.9 Å². The molecule has 0 radical (unpaired) electrons. The Morgan fingerprint density at radius 2 is 1.79 bits per heavy atom. The Kier molecular flexibility index (Phi) is 7.82. The molecular formula is C25H29N3O5. The third kappa shape index (κ3) is 6.41. The number of hydrogen-bond acceptors (Lipinski definition) is 5. The fourth-order valence-corrected chi connectivity index (χ4v) is 3.70. The molecule has 0 atom stereocenters. The van der Waals surface area contributed by atoms with Gasteiger partial charge in [-0.05, 0) is 49.1 Å². The van der Waals surface area contributed by atoms with Crippen LogP contribution in [-0.2, 0) is 25.7 Å². The monoisotopic (exact) mass is 451 g/mol. The lowest BCUT2D eigenvalue weighted by Gasteiger charge is -2.18. The summed E-state index contributed by atoms with van der Waals surface area (Å²) in [5.74, 6) is -1.35. The van der Waals surface area contributed by atoms with Crippen molar-refractivity contribution in [2.45, 2.75) is 33.2 Å². The molecule has 0 aromatic heterocycles. The second kappa shape index (κ2) is 10.8.